The molecule has 7 heteroatoms. The monoisotopic (exact) mass is 418 g/mol. The molecule has 0 fully saturated rings. The molecule has 2 aromatic carbocycles. The van der Waals surface area contributed by atoms with Gasteiger partial charge in [0, 0.05) is 42.2 Å². The molecule has 3 aromatic rings. The average Bonchev–Trinajstić information content (AvgIpc) is 3.26. The van der Waals surface area contributed by atoms with Crippen LogP contribution in [0, 0.1) is 5.82 Å². The minimum Gasteiger partial charge on any atom is -0.496 e. The van der Waals surface area contributed by atoms with Gasteiger partial charge in [0.1, 0.15) is 29.7 Å². The van der Waals surface area contributed by atoms with Gasteiger partial charge in [-0.1, -0.05) is 17.7 Å². The maximum absolute atomic E-state index is 14.0. The van der Waals surface area contributed by atoms with Crippen molar-refractivity contribution in [3.05, 3.63) is 76.3 Å². The number of hydrogen-bond acceptors (Lipinski definition) is 4. The predicted molar refractivity (Wildman–Crippen MR) is 111 cm³/mol. The molecule has 0 aliphatic heterocycles. The molecule has 2 N–H and O–H groups in total. The molecule has 1 atom stereocenters. The largest absolute Gasteiger partial charge is 0.496 e. The fraction of sp³-hybridized carbons (Fsp3) is 0.273. The molecule has 0 radical (unpaired) electrons. The smallest absolute Gasteiger partial charge is 0.131 e. The molecule has 0 bridgehead atoms. The summed E-state index contributed by atoms with van der Waals surface area (Å²) in [4.78, 5) is 3.19. The molecule has 29 heavy (non-hydrogen) atoms. The number of methoxy groups -OCH3 is 2. The lowest BCUT2D eigenvalue weighted by atomic mass is 10.1. The van der Waals surface area contributed by atoms with E-state index in [9.17, 15) is 4.39 Å². The van der Waals surface area contributed by atoms with Crippen LogP contribution in [-0.2, 0) is 13.2 Å². The highest BCUT2D eigenvalue weighted by Crippen LogP contribution is 2.35. The van der Waals surface area contributed by atoms with E-state index >= 15 is 0 Å². The second-order valence-corrected chi connectivity index (χ2v) is 6.93. The first-order valence-corrected chi connectivity index (χ1v) is 9.58. The number of aromatic nitrogens is 1. The number of H-pyrrole nitrogens is 1. The fourth-order valence-electron chi connectivity index (χ4n) is 3.02. The van der Waals surface area contributed by atoms with Crippen molar-refractivity contribution in [3.63, 3.8) is 0 Å². The molecule has 0 aliphatic rings. The summed E-state index contributed by atoms with van der Waals surface area (Å²) >= 11 is 6.07. The van der Waals surface area contributed by atoms with E-state index in [0.29, 0.717) is 34.4 Å². The molecule has 0 unspecified atom stereocenters. The Hall–Kier alpha value is -2.70. The van der Waals surface area contributed by atoms with E-state index in [1.807, 2.05) is 18.3 Å². The van der Waals surface area contributed by atoms with Crippen molar-refractivity contribution in [2.45, 2.75) is 26.1 Å². The molecule has 5 nitrogen and oxygen atoms in total. The molecule has 3 rings (SSSR count). The van der Waals surface area contributed by atoms with Crippen molar-refractivity contribution >= 4 is 11.6 Å². The van der Waals surface area contributed by atoms with Crippen molar-refractivity contribution in [1.82, 2.24) is 10.3 Å². The van der Waals surface area contributed by atoms with Gasteiger partial charge in [0.2, 0.25) is 0 Å². The Kier molecular flexibility index (Phi) is 7.01. The third-order valence-electron chi connectivity index (χ3n) is 4.70. The van der Waals surface area contributed by atoms with Crippen molar-refractivity contribution in [2.24, 2.45) is 0 Å². The normalized spacial score (nSPS) is 11.9. The van der Waals surface area contributed by atoms with Gasteiger partial charge >= 0.3 is 0 Å². The van der Waals surface area contributed by atoms with Crippen LogP contribution in [0.3, 0.4) is 0 Å². The summed E-state index contributed by atoms with van der Waals surface area (Å²) in [5.41, 5.74) is 2.26. The number of halogens is 2. The lowest BCUT2D eigenvalue weighted by Gasteiger charge is -2.18. The highest BCUT2D eigenvalue weighted by molar-refractivity contribution is 6.31. The molecule has 1 aromatic heterocycles. The topological polar surface area (TPSA) is 55.5 Å². The van der Waals surface area contributed by atoms with Gasteiger partial charge in [-0.05, 0) is 31.2 Å². The van der Waals surface area contributed by atoms with Crippen LogP contribution in [0.25, 0.3) is 0 Å². The van der Waals surface area contributed by atoms with Gasteiger partial charge in [-0.15, -0.1) is 0 Å². The third kappa shape index (κ3) is 5.02. The molecule has 1 heterocycles. The first-order chi connectivity index (χ1) is 14.0. The van der Waals surface area contributed by atoms with E-state index in [-0.39, 0.29) is 12.6 Å². The van der Waals surface area contributed by atoms with Gasteiger partial charge in [-0.2, -0.15) is 0 Å². The summed E-state index contributed by atoms with van der Waals surface area (Å²) in [6, 6.07) is 12.2. The zero-order valence-corrected chi connectivity index (χ0v) is 17.3. The summed E-state index contributed by atoms with van der Waals surface area (Å²) in [5.74, 6) is 1.32. The Labute approximate surface area is 174 Å². The number of benzene rings is 2. The van der Waals surface area contributed by atoms with Crippen LogP contribution in [-0.4, -0.2) is 19.2 Å². The first-order valence-electron chi connectivity index (χ1n) is 9.20. The Morgan fingerprint density at radius 3 is 2.38 bits per heavy atom. The zero-order valence-electron chi connectivity index (χ0n) is 16.6. The Balaban J connectivity index is 1.77. The van der Waals surface area contributed by atoms with E-state index in [2.05, 4.69) is 17.2 Å². The van der Waals surface area contributed by atoms with E-state index in [4.69, 9.17) is 25.8 Å². The van der Waals surface area contributed by atoms with Gasteiger partial charge in [0.05, 0.1) is 24.8 Å². The van der Waals surface area contributed by atoms with Crippen molar-refractivity contribution < 1.29 is 18.6 Å². The molecular weight excluding hydrogens is 395 g/mol. The quantitative estimate of drug-likeness (QED) is 0.498. The highest BCUT2D eigenvalue weighted by atomic mass is 35.5. The van der Waals surface area contributed by atoms with Gasteiger partial charge in [-0.25, -0.2) is 4.39 Å². The Morgan fingerprint density at radius 2 is 1.79 bits per heavy atom. The number of nitrogens with one attached hydrogen (secondary N) is 2. The minimum absolute atomic E-state index is 0.000724. The van der Waals surface area contributed by atoms with Gasteiger partial charge in [0.25, 0.3) is 0 Å². The molecule has 0 saturated heterocycles. The van der Waals surface area contributed by atoms with E-state index in [0.717, 1.165) is 11.3 Å². The molecule has 0 amide bonds. The summed E-state index contributed by atoms with van der Waals surface area (Å²) in [6.45, 7) is 2.60. The average molecular weight is 419 g/mol. The summed E-state index contributed by atoms with van der Waals surface area (Å²) in [7, 11) is 3.17. The third-order valence-corrected chi connectivity index (χ3v) is 5.05. The van der Waals surface area contributed by atoms with E-state index in [1.165, 1.54) is 6.07 Å². The summed E-state index contributed by atoms with van der Waals surface area (Å²) < 4.78 is 30.8. The van der Waals surface area contributed by atoms with Gasteiger partial charge in [-0.3, -0.25) is 0 Å². The number of rotatable bonds is 9. The van der Waals surface area contributed by atoms with Crippen LogP contribution in [0.15, 0.2) is 48.7 Å². The molecule has 0 aliphatic carbocycles. The van der Waals surface area contributed by atoms with Crippen LogP contribution in [0.5, 0.6) is 17.2 Å². The summed E-state index contributed by atoms with van der Waals surface area (Å²) in [5, 5.41) is 3.77. The number of aromatic amines is 1. The van der Waals surface area contributed by atoms with Crippen molar-refractivity contribution in [3.8, 4) is 17.2 Å². The lowest BCUT2D eigenvalue weighted by Crippen LogP contribution is -2.19. The standard InChI is InChI=1S/C22H24ClFN2O3/c1-14(20-8-5-9-25-20)26-12-16-21(27-2)10-15(11-22(16)28-3)29-13-17-18(23)6-4-7-19(17)24/h4-11,14,25-26H,12-13H2,1-3H3/t14-/m0/s1. The highest BCUT2D eigenvalue weighted by Gasteiger charge is 2.16. The van der Waals surface area contributed by atoms with E-state index < -0.39 is 5.82 Å². The maximum atomic E-state index is 14.0. The SMILES string of the molecule is COc1cc(OCc2c(F)cccc2Cl)cc(OC)c1CN[C@@H](C)c1ccc[nH]1. The van der Waals surface area contributed by atoms with Crippen molar-refractivity contribution in [1.29, 1.82) is 0 Å². The minimum atomic E-state index is -0.407. The van der Waals surface area contributed by atoms with Crippen LogP contribution < -0.4 is 19.5 Å². The van der Waals surface area contributed by atoms with Crippen LogP contribution in [0.1, 0.15) is 29.8 Å². The molecule has 0 saturated carbocycles. The first kappa shape index (κ1) is 21.0. The molecule has 154 valence electrons. The summed E-state index contributed by atoms with van der Waals surface area (Å²) in [6.07, 6.45) is 1.89. The van der Waals surface area contributed by atoms with Crippen molar-refractivity contribution in [2.75, 3.05) is 14.2 Å². The van der Waals surface area contributed by atoms with Crippen LogP contribution >= 0.6 is 11.6 Å². The predicted octanol–water partition coefficient (Wildman–Crippen LogP) is 5.25. The Morgan fingerprint density at radius 1 is 1.07 bits per heavy atom. The second-order valence-electron chi connectivity index (χ2n) is 6.52. The number of hydrogen-bond donors (Lipinski definition) is 2. The van der Waals surface area contributed by atoms with Gasteiger partial charge < -0.3 is 24.5 Å². The molecular formula is C22H24ClFN2O3. The van der Waals surface area contributed by atoms with Gasteiger partial charge in [0.15, 0.2) is 0 Å². The zero-order chi connectivity index (χ0) is 20.8. The van der Waals surface area contributed by atoms with Crippen LogP contribution in [0.4, 0.5) is 4.39 Å². The van der Waals surface area contributed by atoms with Crippen LogP contribution in [0.2, 0.25) is 5.02 Å². The second kappa shape index (κ2) is 9.67. The molecule has 0 spiro atoms. The van der Waals surface area contributed by atoms with E-state index in [1.54, 1.807) is 38.5 Å². The Bertz CT molecular complexity index is 902. The number of ether oxygens (including phenoxy) is 3. The maximum Gasteiger partial charge on any atom is 0.131 e. The lowest BCUT2D eigenvalue weighted by molar-refractivity contribution is 0.293. The fourth-order valence-corrected chi connectivity index (χ4v) is 3.24.